The lowest BCUT2D eigenvalue weighted by molar-refractivity contribution is -0.111. The van der Waals surface area contributed by atoms with Gasteiger partial charge < -0.3 is 20.1 Å². The summed E-state index contributed by atoms with van der Waals surface area (Å²) < 4.78 is 0. The molecule has 7 nitrogen and oxygen atoms in total. The van der Waals surface area contributed by atoms with Gasteiger partial charge in [0.15, 0.2) is 0 Å². The largest absolute Gasteiger partial charge is 0.394 e. The Morgan fingerprint density at radius 2 is 2.27 bits per heavy atom. The number of amides is 1. The maximum Gasteiger partial charge on any atom is 0.255 e. The maximum atomic E-state index is 12.7. The van der Waals surface area contributed by atoms with Crippen molar-refractivity contribution in [3.05, 3.63) is 27.7 Å². The zero-order valence-electron chi connectivity index (χ0n) is 14.4. The Bertz CT molecular complexity index is 841. The van der Waals surface area contributed by atoms with Crippen LogP contribution >= 0.6 is 22.9 Å². The second kappa shape index (κ2) is 7.69. The Morgan fingerprint density at radius 1 is 1.50 bits per heavy atom. The third kappa shape index (κ3) is 3.58. The lowest BCUT2D eigenvalue weighted by atomic mass is 10.1. The molecular formula is C17H19ClN4O3S. The van der Waals surface area contributed by atoms with Crippen molar-refractivity contribution < 1.29 is 14.7 Å². The van der Waals surface area contributed by atoms with Gasteiger partial charge in [-0.2, -0.15) is 0 Å². The van der Waals surface area contributed by atoms with Crippen LogP contribution in [0, 0.1) is 0 Å². The third-order valence-electron chi connectivity index (χ3n) is 4.20. The average molecular weight is 395 g/mol. The van der Waals surface area contributed by atoms with Crippen molar-refractivity contribution in [1.82, 2.24) is 14.9 Å². The number of thiophene rings is 1. The number of fused-ring (bicyclic) bond motifs is 1. The molecule has 0 aliphatic carbocycles. The van der Waals surface area contributed by atoms with Gasteiger partial charge >= 0.3 is 0 Å². The molecule has 0 saturated carbocycles. The number of halogens is 1. The lowest BCUT2D eigenvalue weighted by Crippen LogP contribution is -2.43. The third-order valence-corrected chi connectivity index (χ3v) is 5.67. The standard InChI is InChI=1S/C17H19ClN4O3S/c1-9(7-23)20-17-19-6-12(18)15(21-17)14-5-11-13(26-14)3-4-22(16(11)25)10(2)8-24/h5-6,8-10,23H,3-4,7H2,1-2H3,(H,19,20,21). The maximum absolute atomic E-state index is 12.7. The van der Waals surface area contributed by atoms with Crippen LogP contribution < -0.4 is 5.32 Å². The molecule has 0 aromatic carbocycles. The fourth-order valence-corrected chi connectivity index (χ4v) is 4.12. The Kier molecular flexibility index (Phi) is 5.55. The van der Waals surface area contributed by atoms with E-state index in [2.05, 4.69) is 15.3 Å². The Balaban J connectivity index is 1.94. The normalized spacial score (nSPS) is 16.2. The van der Waals surface area contributed by atoms with Crippen molar-refractivity contribution in [2.45, 2.75) is 32.4 Å². The van der Waals surface area contributed by atoms with Gasteiger partial charge in [0.1, 0.15) is 12.0 Å². The van der Waals surface area contributed by atoms with Gasteiger partial charge in [-0.1, -0.05) is 11.6 Å². The Labute approximate surface area is 160 Å². The highest BCUT2D eigenvalue weighted by atomic mass is 35.5. The first kappa shape index (κ1) is 18.8. The summed E-state index contributed by atoms with van der Waals surface area (Å²) in [5.74, 6) is 0.214. The first-order valence-electron chi connectivity index (χ1n) is 8.23. The summed E-state index contributed by atoms with van der Waals surface area (Å²) in [5.41, 5.74) is 1.13. The van der Waals surface area contributed by atoms with E-state index in [0.717, 1.165) is 16.0 Å². The van der Waals surface area contributed by atoms with Crippen molar-refractivity contribution in [3.8, 4) is 10.6 Å². The van der Waals surface area contributed by atoms with Crippen LogP contribution in [0.15, 0.2) is 12.3 Å². The summed E-state index contributed by atoms with van der Waals surface area (Å²) in [6.45, 7) is 3.99. The van der Waals surface area contributed by atoms with Gasteiger partial charge in [0.05, 0.1) is 34.3 Å². The monoisotopic (exact) mass is 394 g/mol. The summed E-state index contributed by atoms with van der Waals surface area (Å²) in [5, 5.41) is 12.5. The molecule has 0 spiro atoms. The van der Waals surface area contributed by atoms with Gasteiger partial charge in [-0.05, 0) is 19.9 Å². The zero-order valence-corrected chi connectivity index (χ0v) is 16.0. The molecule has 2 unspecified atom stereocenters. The first-order chi connectivity index (χ1) is 12.4. The molecule has 3 heterocycles. The summed E-state index contributed by atoms with van der Waals surface area (Å²) in [6.07, 6.45) is 2.97. The molecule has 2 N–H and O–H groups in total. The molecule has 1 aliphatic rings. The molecule has 2 aromatic rings. The van der Waals surface area contributed by atoms with Gasteiger partial charge in [0.2, 0.25) is 5.95 Å². The molecule has 2 atom stereocenters. The smallest absolute Gasteiger partial charge is 0.255 e. The van der Waals surface area contributed by atoms with E-state index in [9.17, 15) is 9.59 Å². The average Bonchev–Trinajstić information content (AvgIpc) is 3.08. The van der Waals surface area contributed by atoms with Crippen molar-refractivity contribution in [3.63, 3.8) is 0 Å². The highest BCUT2D eigenvalue weighted by Crippen LogP contribution is 2.37. The molecule has 26 heavy (non-hydrogen) atoms. The number of rotatable bonds is 6. The number of carbonyl (C=O) groups excluding carboxylic acids is 2. The number of aliphatic hydroxyl groups excluding tert-OH is 1. The predicted molar refractivity (Wildman–Crippen MR) is 101 cm³/mol. The van der Waals surface area contributed by atoms with Gasteiger partial charge in [-0.3, -0.25) is 4.79 Å². The summed E-state index contributed by atoms with van der Waals surface area (Å²) in [7, 11) is 0. The number of hydrogen-bond acceptors (Lipinski definition) is 7. The second-order valence-corrected chi connectivity index (χ2v) is 7.73. The van der Waals surface area contributed by atoms with Crippen molar-refractivity contribution in [1.29, 1.82) is 0 Å². The Morgan fingerprint density at radius 3 is 2.96 bits per heavy atom. The van der Waals surface area contributed by atoms with Crippen LogP contribution in [0.2, 0.25) is 5.02 Å². The molecule has 138 valence electrons. The highest BCUT2D eigenvalue weighted by Gasteiger charge is 2.30. The van der Waals surface area contributed by atoms with Gasteiger partial charge in [0.25, 0.3) is 5.91 Å². The first-order valence-corrected chi connectivity index (χ1v) is 9.43. The minimum atomic E-state index is -0.447. The van der Waals surface area contributed by atoms with Crippen LogP contribution in [0.1, 0.15) is 29.1 Å². The van der Waals surface area contributed by atoms with Gasteiger partial charge in [-0.25, -0.2) is 9.97 Å². The number of aromatic nitrogens is 2. The topological polar surface area (TPSA) is 95.4 Å². The highest BCUT2D eigenvalue weighted by molar-refractivity contribution is 7.16. The van der Waals surface area contributed by atoms with Gasteiger partial charge in [0, 0.05) is 23.9 Å². The number of carbonyl (C=O) groups is 2. The van der Waals surface area contributed by atoms with E-state index in [-0.39, 0.29) is 18.6 Å². The van der Waals surface area contributed by atoms with Crippen LogP contribution in [0.5, 0.6) is 0 Å². The van der Waals surface area contributed by atoms with Crippen molar-refractivity contribution in [2.75, 3.05) is 18.5 Å². The van der Waals surface area contributed by atoms with Crippen LogP contribution in [0.3, 0.4) is 0 Å². The van der Waals surface area contributed by atoms with E-state index >= 15 is 0 Å². The van der Waals surface area contributed by atoms with E-state index < -0.39 is 6.04 Å². The molecule has 9 heteroatoms. The molecule has 3 rings (SSSR count). The van der Waals surface area contributed by atoms with Gasteiger partial charge in [-0.15, -0.1) is 11.3 Å². The molecule has 1 aliphatic heterocycles. The quantitative estimate of drug-likeness (QED) is 0.729. The number of nitrogens with one attached hydrogen (secondary N) is 1. The molecule has 1 amide bonds. The summed E-state index contributed by atoms with van der Waals surface area (Å²) in [4.78, 5) is 35.6. The molecular weight excluding hydrogens is 376 g/mol. The fraction of sp³-hybridized carbons (Fsp3) is 0.412. The predicted octanol–water partition coefficient (Wildman–Crippen LogP) is 2.24. The molecule has 0 radical (unpaired) electrons. The van der Waals surface area contributed by atoms with E-state index in [1.165, 1.54) is 17.5 Å². The molecule has 0 bridgehead atoms. The lowest BCUT2D eigenvalue weighted by Gasteiger charge is -2.29. The molecule has 0 fully saturated rings. The minimum absolute atomic E-state index is 0.0477. The Hall–Kier alpha value is -2.03. The van der Waals surface area contributed by atoms with E-state index in [1.54, 1.807) is 17.9 Å². The number of nitrogens with zero attached hydrogens (tertiary/aromatic N) is 3. The minimum Gasteiger partial charge on any atom is -0.394 e. The number of aliphatic hydroxyl groups is 1. The van der Waals surface area contributed by atoms with Crippen LogP contribution in [0.4, 0.5) is 5.95 Å². The van der Waals surface area contributed by atoms with Crippen LogP contribution in [0.25, 0.3) is 10.6 Å². The van der Waals surface area contributed by atoms with Crippen LogP contribution in [-0.4, -0.2) is 57.4 Å². The zero-order chi connectivity index (χ0) is 18.8. The summed E-state index contributed by atoms with van der Waals surface area (Å²) >= 11 is 7.74. The van der Waals surface area contributed by atoms with Crippen LogP contribution in [-0.2, 0) is 11.2 Å². The van der Waals surface area contributed by atoms with E-state index in [4.69, 9.17) is 16.7 Å². The summed E-state index contributed by atoms with van der Waals surface area (Å²) in [6, 6.07) is 1.14. The van der Waals surface area contributed by atoms with Crippen molar-refractivity contribution in [2.24, 2.45) is 0 Å². The van der Waals surface area contributed by atoms with E-state index in [1.807, 2.05) is 6.92 Å². The number of hydrogen-bond donors (Lipinski definition) is 2. The molecule has 2 aromatic heterocycles. The second-order valence-electron chi connectivity index (χ2n) is 6.19. The number of aldehydes is 1. The fourth-order valence-electron chi connectivity index (χ4n) is 2.73. The molecule has 0 saturated heterocycles. The van der Waals surface area contributed by atoms with Crippen molar-refractivity contribution >= 4 is 41.1 Å². The SMILES string of the molecule is CC(CO)Nc1ncc(Cl)c(-c2cc3c(s2)CCN(C(C)C=O)C3=O)n1. The van der Waals surface area contributed by atoms with E-state index in [0.29, 0.717) is 35.2 Å². The number of anilines is 1.